The Morgan fingerprint density at radius 3 is 2.53 bits per heavy atom. The van der Waals surface area contributed by atoms with Gasteiger partial charge in [0.25, 0.3) is 0 Å². The molecule has 82 valence electrons. The minimum atomic E-state index is 0.0825. The highest BCUT2D eigenvalue weighted by Gasteiger charge is 2.28. The molecular weight excluding hydrogens is 206 g/mol. The van der Waals surface area contributed by atoms with Gasteiger partial charge in [-0.05, 0) is 37.3 Å². The molecule has 0 radical (unpaired) electrons. The van der Waals surface area contributed by atoms with E-state index in [9.17, 15) is 0 Å². The van der Waals surface area contributed by atoms with Crippen LogP contribution in [0.25, 0.3) is 0 Å². The largest absolute Gasteiger partial charge is 0.325 e. The third kappa shape index (κ3) is 2.73. The monoisotopic (exact) mass is 223 g/mol. The van der Waals surface area contributed by atoms with Crippen molar-refractivity contribution in [3.63, 3.8) is 0 Å². The van der Waals surface area contributed by atoms with E-state index in [1.165, 1.54) is 31.2 Å². The summed E-state index contributed by atoms with van der Waals surface area (Å²) in [6.07, 6.45) is 7.01. The molecule has 0 heterocycles. The zero-order valence-corrected chi connectivity index (χ0v) is 9.76. The van der Waals surface area contributed by atoms with E-state index in [-0.39, 0.29) is 5.54 Å². The van der Waals surface area contributed by atoms with Gasteiger partial charge in [0.15, 0.2) is 0 Å². The van der Waals surface area contributed by atoms with E-state index < -0.39 is 0 Å². The first-order chi connectivity index (χ1) is 7.20. The summed E-state index contributed by atoms with van der Waals surface area (Å²) < 4.78 is 0. The van der Waals surface area contributed by atoms with Gasteiger partial charge in [0.1, 0.15) is 0 Å². The van der Waals surface area contributed by atoms with Crippen LogP contribution in [0.2, 0.25) is 5.02 Å². The quantitative estimate of drug-likeness (QED) is 0.834. The molecular formula is C13H18ClN. The molecule has 0 spiro atoms. The average molecular weight is 224 g/mol. The minimum absolute atomic E-state index is 0.0825. The smallest absolute Gasteiger partial charge is 0.0437 e. The molecule has 1 aromatic rings. The van der Waals surface area contributed by atoms with Crippen molar-refractivity contribution in [3.05, 3.63) is 34.9 Å². The average Bonchev–Trinajstić information content (AvgIpc) is 2.65. The summed E-state index contributed by atoms with van der Waals surface area (Å²) in [5, 5.41) is 0.874. The van der Waals surface area contributed by atoms with Crippen molar-refractivity contribution in [2.45, 2.75) is 44.1 Å². The van der Waals surface area contributed by atoms with Crippen LogP contribution in [0.4, 0.5) is 0 Å². The molecule has 2 heteroatoms. The second-order valence-corrected chi connectivity index (χ2v) is 5.07. The number of nitrogens with two attached hydrogens (primary N) is 1. The SMILES string of the molecule is NC1(CCc2ccccc2Cl)CCCC1. The van der Waals surface area contributed by atoms with Crippen LogP contribution in [0.1, 0.15) is 37.7 Å². The predicted octanol–water partition coefficient (Wildman–Crippen LogP) is 3.54. The lowest BCUT2D eigenvalue weighted by Gasteiger charge is -2.23. The summed E-state index contributed by atoms with van der Waals surface area (Å²) in [6.45, 7) is 0. The van der Waals surface area contributed by atoms with Crippen LogP contribution in [-0.2, 0) is 6.42 Å². The summed E-state index contributed by atoms with van der Waals surface area (Å²) >= 11 is 6.11. The number of halogens is 1. The lowest BCUT2D eigenvalue weighted by molar-refractivity contribution is 0.406. The Labute approximate surface area is 96.6 Å². The van der Waals surface area contributed by atoms with E-state index in [2.05, 4.69) is 6.07 Å². The molecule has 0 atom stereocenters. The Morgan fingerprint density at radius 1 is 1.20 bits per heavy atom. The fourth-order valence-electron chi connectivity index (χ4n) is 2.41. The summed E-state index contributed by atoms with van der Waals surface area (Å²) in [6, 6.07) is 8.06. The van der Waals surface area contributed by atoms with Gasteiger partial charge in [-0.3, -0.25) is 0 Å². The number of benzene rings is 1. The van der Waals surface area contributed by atoms with Gasteiger partial charge in [-0.25, -0.2) is 0 Å². The van der Waals surface area contributed by atoms with Crippen LogP contribution in [-0.4, -0.2) is 5.54 Å². The summed E-state index contributed by atoms with van der Waals surface area (Å²) in [5.41, 5.74) is 7.63. The molecule has 2 rings (SSSR count). The summed E-state index contributed by atoms with van der Waals surface area (Å²) in [5.74, 6) is 0. The Bertz CT molecular complexity index is 329. The van der Waals surface area contributed by atoms with Gasteiger partial charge < -0.3 is 5.73 Å². The van der Waals surface area contributed by atoms with Crippen LogP contribution >= 0.6 is 11.6 Å². The van der Waals surface area contributed by atoms with Crippen LogP contribution in [0, 0.1) is 0 Å². The molecule has 0 aliphatic heterocycles. The minimum Gasteiger partial charge on any atom is -0.325 e. The van der Waals surface area contributed by atoms with Crippen molar-refractivity contribution < 1.29 is 0 Å². The van der Waals surface area contributed by atoms with Crippen LogP contribution in [0.5, 0.6) is 0 Å². The van der Waals surface area contributed by atoms with Gasteiger partial charge in [-0.1, -0.05) is 42.6 Å². The van der Waals surface area contributed by atoms with Crippen molar-refractivity contribution in [2.24, 2.45) is 5.73 Å². The fraction of sp³-hybridized carbons (Fsp3) is 0.538. The molecule has 0 saturated heterocycles. The van der Waals surface area contributed by atoms with Crippen molar-refractivity contribution in [2.75, 3.05) is 0 Å². The molecule has 0 bridgehead atoms. The van der Waals surface area contributed by atoms with E-state index in [1.54, 1.807) is 0 Å². The van der Waals surface area contributed by atoms with Crippen LogP contribution in [0.3, 0.4) is 0 Å². The highest BCUT2D eigenvalue weighted by molar-refractivity contribution is 6.31. The molecule has 1 aliphatic carbocycles. The fourth-order valence-corrected chi connectivity index (χ4v) is 2.64. The standard InChI is InChI=1S/C13H18ClN/c14-12-6-2-1-5-11(12)7-10-13(15)8-3-4-9-13/h1-2,5-6H,3-4,7-10,15H2. The number of hydrogen-bond acceptors (Lipinski definition) is 1. The van der Waals surface area contributed by atoms with Gasteiger partial charge in [0, 0.05) is 10.6 Å². The van der Waals surface area contributed by atoms with Crippen LogP contribution < -0.4 is 5.73 Å². The van der Waals surface area contributed by atoms with Crippen molar-refractivity contribution in [3.8, 4) is 0 Å². The normalized spacial score (nSPS) is 19.3. The van der Waals surface area contributed by atoms with E-state index in [0.717, 1.165) is 17.9 Å². The topological polar surface area (TPSA) is 26.0 Å². The summed E-state index contributed by atoms with van der Waals surface area (Å²) in [4.78, 5) is 0. The maximum absolute atomic E-state index is 6.31. The maximum Gasteiger partial charge on any atom is 0.0437 e. The van der Waals surface area contributed by atoms with E-state index in [1.807, 2.05) is 18.2 Å². The highest BCUT2D eigenvalue weighted by atomic mass is 35.5. The number of aryl methyl sites for hydroxylation is 1. The van der Waals surface area contributed by atoms with Gasteiger partial charge in [-0.2, -0.15) is 0 Å². The van der Waals surface area contributed by atoms with E-state index >= 15 is 0 Å². The second kappa shape index (κ2) is 4.54. The molecule has 15 heavy (non-hydrogen) atoms. The third-order valence-electron chi connectivity index (χ3n) is 3.45. The Kier molecular flexibility index (Phi) is 3.32. The van der Waals surface area contributed by atoms with Crippen molar-refractivity contribution >= 4 is 11.6 Å². The molecule has 1 aliphatic rings. The zero-order chi connectivity index (χ0) is 10.7. The Morgan fingerprint density at radius 2 is 1.87 bits per heavy atom. The van der Waals surface area contributed by atoms with E-state index in [0.29, 0.717) is 0 Å². The highest BCUT2D eigenvalue weighted by Crippen LogP contribution is 2.31. The number of rotatable bonds is 3. The lowest BCUT2D eigenvalue weighted by atomic mass is 9.91. The van der Waals surface area contributed by atoms with Crippen LogP contribution in [0.15, 0.2) is 24.3 Å². The maximum atomic E-state index is 6.31. The lowest BCUT2D eigenvalue weighted by Crippen LogP contribution is -2.36. The molecule has 1 nitrogen and oxygen atoms in total. The molecule has 0 unspecified atom stereocenters. The molecule has 1 aromatic carbocycles. The molecule has 1 saturated carbocycles. The second-order valence-electron chi connectivity index (χ2n) is 4.66. The van der Waals surface area contributed by atoms with Gasteiger partial charge >= 0.3 is 0 Å². The Balaban J connectivity index is 1.95. The first-order valence-corrected chi connectivity index (χ1v) is 6.10. The van der Waals surface area contributed by atoms with Gasteiger partial charge in [0.05, 0.1) is 0 Å². The first kappa shape index (κ1) is 11.0. The first-order valence-electron chi connectivity index (χ1n) is 5.72. The van der Waals surface area contributed by atoms with Gasteiger partial charge in [0.2, 0.25) is 0 Å². The third-order valence-corrected chi connectivity index (χ3v) is 3.82. The molecule has 0 amide bonds. The molecule has 0 aromatic heterocycles. The molecule has 1 fully saturated rings. The Hall–Kier alpha value is -0.530. The molecule has 2 N–H and O–H groups in total. The van der Waals surface area contributed by atoms with Crippen molar-refractivity contribution in [1.82, 2.24) is 0 Å². The van der Waals surface area contributed by atoms with Gasteiger partial charge in [-0.15, -0.1) is 0 Å². The number of hydrogen-bond donors (Lipinski definition) is 1. The summed E-state index contributed by atoms with van der Waals surface area (Å²) in [7, 11) is 0. The zero-order valence-electron chi connectivity index (χ0n) is 9.01. The van der Waals surface area contributed by atoms with E-state index in [4.69, 9.17) is 17.3 Å². The van der Waals surface area contributed by atoms with Crippen molar-refractivity contribution in [1.29, 1.82) is 0 Å². The predicted molar refractivity (Wildman–Crippen MR) is 65.2 cm³/mol.